The Kier molecular flexibility index (Phi) is 10.3. The van der Waals surface area contributed by atoms with E-state index < -0.39 is 34.3 Å². The third-order valence-electron chi connectivity index (χ3n) is 7.16. The van der Waals surface area contributed by atoms with Crippen LogP contribution < -0.4 is 9.62 Å². The fourth-order valence-corrected chi connectivity index (χ4v) is 6.36. The summed E-state index contributed by atoms with van der Waals surface area (Å²) < 4.78 is 40.1. The molecule has 11 heteroatoms. The first kappa shape index (κ1) is 30.8. The number of rotatable bonds is 11. The van der Waals surface area contributed by atoms with Gasteiger partial charge in [0.25, 0.3) is 0 Å². The molecule has 0 radical (unpaired) electrons. The number of carbonyl (C=O) groups excluding carboxylic acids is 2. The van der Waals surface area contributed by atoms with E-state index in [1.807, 2.05) is 30.3 Å². The molecule has 218 valence electrons. The predicted octanol–water partition coefficient (Wildman–Crippen LogP) is 5.60. The van der Waals surface area contributed by atoms with Crippen molar-refractivity contribution >= 4 is 50.7 Å². The summed E-state index contributed by atoms with van der Waals surface area (Å²) in [5.74, 6) is -1.53. The van der Waals surface area contributed by atoms with Gasteiger partial charge in [-0.15, -0.1) is 0 Å². The van der Waals surface area contributed by atoms with Crippen molar-refractivity contribution in [2.75, 3.05) is 17.1 Å². The summed E-state index contributed by atoms with van der Waals surface area (Å²) in [5.41, 5.74) is 1.37. The van der Waals surface area contributed by atoms with Crippen LogP contribution >= 0.6 is 23.2 Å². The largest absolute Gasteiger partial charge is 0.352 e. The van der Waals surface area contributed by atoms with Crippen molar-refractivity contribution in [2.45, 2.75) is 50.7 Å². The highest BCUT2D eigenvalue weighted by molar-refractivity contribution is 7.92. The molecule has 0 saturated heterocycles. The smallest absolute Gasteiger partial charge is 0.244 e. The molecule has 1 fully saturated rings. The molecule has 41 heavy (non-hydrogen) atoms. The second-order valence-electron chi connectivity index (χ2n) is 10.2. The Bertz CT molecular complexity index is 1450. The minimum Gasteiger partial charge on any atom is -0.352 e. The lowest BCUT2D eigenvalue weighted by molar-refractivity contribution is -0.140. The summed E-state index contributed by atoms with van der Waals surface area (Å²) in [4.78, 5) is 29.3. The number of carbonyl (C=O) groups is 2. The summed E-state index contributed by atoms with van der Waals surface area (Å²) in [7, 11) is -3.96. The first-order valence-corrected chi connectivity index (χ1v) is 15.9. The number of amides is 2. The number of halogens is 3. The number of nitrogens with zero attached hydrogens (tertiary/aromatic N) is 2. The number of hydrogen-bond acceptors (Lipinski definition) is 4. The first-order chi connectivity index (χ1) is 19.5. The van der Waals surface area contributed by atoms with E-state index >= 15 is 0 Å². The summed E-state index contributed by atoms with van der Waals surface area (Å²) >= 11 is 13.0. The van der Waals surface area contributed by atoms with Gasteiger partial charge < -0.3 is 10.2 Å². The lowest BCUT2D eigenvalue weighted by Crippen LogP contribution is -2.54. The van der Waals surface area contributed by atoms with Crippen LogP contribution in [0.3, 0.4) is 0 Å². The molecule has 1 aliphatic rings. The molecule has 1 atom stereocenters. The molecule has 0 aliphatic heterocycles. The average molecular weight is 621 g/mol. The van der Waals surface area contributed by atoms with Gasteiger partial charge in [0.05, 0.1) is 11.9 Å². The SMILES string of the molecule is CS(=O)(=O)N(CC(=O)N(Cc1c(Cl)cccc1Cl)C(Cc1ccccc1)C(=O)NC1CCCC1)c1ccc(F)cc1. The Balaban J connectivity index is 1.75. The van der Waals surface area contributed by atoms with E-state index in [-0.39, 0.29) is 30.6 Å². The van der Waals surface area contributed by atoms with Crippen molar-refractivity contribution in [3.8, 4) is 0 Å². The lowest BCUT2D eigenvalue weighted by Gasteiger charge is -2.34. The zero-order chi connectivity index (χ0) is 29.6. The van der Waals surface area contributed by atoms with Crippen molar-refractivity contribution in [1.29, 1.82) is 0 Å². The molecule has 1 aliphatic carbocycles. The minimum absolute atomic E-state index is 0.00615. The molecule has 3 aromatic rings. The molecule has 0 bridgehead atoms. The van der Waals surface area contributed by atoms with Crippen LogP contribution in [0.15, 0.2) is 72.8 Å². The summed E-state index contributed by atoms with van der Waals surface area (Å²) in [6.07, 6.45) is 4.86. The van der Waals surface area contributed by atoms with E-state index in [9.17, 15) is 22.4 Å². The number of hydrogen-bond donors (Lipinski definition) is 1. The monoisotopic (exact) mass is 619 g/mol. The molecule has 0 spiro atoms. The second-order valence-corrected chi connectivity index (χ2v) is 12.9. The average Bonchev–Trinajstić information content (AvgIpc) is 3.44. The number of anilines is 1. The Morgan fingerprint density at radius 1 is 0.951 bits per heavy atom. The lowest BCUT2D eigenvalue weighted by atomic mass is 10.0. The number of benzene rings is 3. The highest BCUT2D eigenvalue weighted by Crippen LogP contribution is 2.28. The van der Waals surface area contributed by atoms with Gasteiger partial charge in [0.15, 0.2) is 0 Å². The van der Waals surface area contributed by atoms with Crippen LogP contribution in [0, 0.1) is 5.82 Å². The van der Waals surface area contributed by atoms with Crippen LogP contribution in [-0.4, -0.2) is 50.0 Å². The van der Waals surface area contributed by atoms with E-state index in [0.717, 1.165) is 53.9 Å². The molecular weight excluding hydrogens is 588 g/mol. The van der Waals surface area contributed by atoms with Crippen molar-refractivity contribution in [2.24, 2.45) is 0 Å². The van der Waals surface area contributed by atoms with Gasteiger partial charge in [0.2, 0.25) is 21.8 Å². The van der Waals surface area contributed by atoms with Crippen molar-refractivity contribution < 1.29 is 22.4 Å². The van der Waals surface area contributed by atoms with Crippen LogP contribution in [-0.2, 0) is 32.6 Å². The van der Waals surface area contributed by atoms with Gasteiger partial charge in [0.1, 0.15) is 18.4 Å². The molecule has 3 aromatic carbocycles. The number of sulfonamides is 1. The molecule has 0 heterocycles. The van der Waals surface area contributed by atoms with Crippen LogP contribution in [0.25, 0.3) is 0 Å². The standard InChI is InChI=1S/C30H32Cl2FN3O4S/c1-41(39,40)36(24-16-14-22(33)15-17-24)20-29(37)35(19-25-26(31)12-7-13-27(25)32)28(18-21-8-3-2-4-9-21)30(38)34-23-10-5-6-11-23/h2-4,7-9,12-17,23,28H,5-6,10-11,18-20H2,1H3,(H,34,38). The van der Waals surface area contributed by atoms with E-state index in [4.69, 9.17) is 23.2 Å². The third-order valence-corrected chi connectivity index (χ3v) is 9.01. The molecule has 2 amide bonds. The fraction of sp³-hybridized carbons (Fsp3) is 0.333. The van der Waals surface area contributed by atoms with Crippen molar-refractivity contribution in [3.63, 3.8) is 0 Å². The fourth-order valence-electron chi connectivity index (χ4n) is 5.00. The van der Waals surface area contributed by atoms with Gasteiger partial charge >= 0.3 is 0 Å². The maximum atomic E-state index is 14.1. The van der Waals surface area contributed by atoms with Gasteiger partial charge in [-0.3, -0.25) is 13.9 Å². The third kappa shape index (κ3) is 8.21. The highest BCUT2D eigenvalue weighted by Gasteiger charge is 2.35. The molecule has 1 N–H and O–H groups in total. The Hall–Kier alpha value is -3.14. The van der Waals surface area contributed by atoms with Gasteiger partial charge in [0, 0.05) is 34.6 Å². The van der Waals surface area contributed by atoms with Gasteiger partial charge in [-0.1, -0.05) is 72.4 Å². The summed E-state index contributed by atoms with van der Waals surface area (Å²) in [5, 5.41) is 3.72. The van der Waals surface area contributed by atoms with Gasteiger partial charge in [-0.05, 0) is 54.8 Å². The molecule has 7 nitrogen and oxygen atoms in total. The van der Waals surface area contributed by atoms with Crippen LogP contribution in [0.4, 0.5) is 10.1 Å². The molecule has 0 aromatic heterocycles. The molecular formula is C30H32Cl2FN3O4S. The zero-order valence-electron chi connectivity index (χ0n) is 22.6. The highest BCUT2D eigenvalue weighted by atomic mass is 35.5. The maximum Gasteiger partial charge on any atom is 0.244 e. The summed E-state index contributed by atoms with van der Waals surface area (Å²) in [6.45, 7) is -0.748. The normalized spacial score (nSPS) is 14.4. The zero-order valence-corrected chi connectivity index (χ0v) is 24.9. The van der Waals surface area contributed by atoms with E-state index in [0.29, 0.717) is 15.6 Å². The second kappa shape index (κ2) is 13.7. The predicted molar refractivity (Wildman–Crippen MR) is 160 cm³/mol. The Labute approximate surface area is 250 Å². The number of nitrogens with one attached hydrogen (secondary N) is 1. The van der Waals surface area contributed by atoms with Crippen LogP contribution in [0.2, 0.25) is 10.0 Å². The quantitative estimate of drug-likeness (QED) is 0.303. The Morgan fingerprint density at radius 2 is 1.56 bits per heavy atom. The van der Waals surface area contributed by atoms with Crippen molar-refractivity contribution in [1.82, 2.24) is 10.2 Å². The minimum atomic E-state index is -3.96. The molecule has 1 saturated carbocycles. The molecule has 4 rings (SSSR count). The van der Waals surface area contributed by atoms with E-state index in [2.05, 4.69) is 5.32 Å². The van der Waals surface area contributed by atoms with Crippen LogP contribution in [0.5, 0.6) is 0 Å². The van der Waals surface area contributed by atoms with Crippen LogP contribution in [0.1, 0.15) is 36.8 Å². The van der Waals surface area contributed by atoms with Gasteiger partial charge in [-0.2, -0.15) is 0 Å². The first-order valence-electron chi connectivity index (χ1n) is 13.3. The van der Waals surface area contributed by atoms with Gasteiger partial charge in [-0.25, -0.2) is 12.8 Å². The summed E-state index contributed by atoms with van der Waals surface area (Å²) in [6, 6.07) is 18.0. The molecule has 1 unspecified atom stereocenters. The van der Waals surface area contributed by atoms with E-state index in [1.165, 1.54) is 17.0 Å². The Morgan fingerprint density at radius 3 is 2.15 bits per heavy atom. The van der Waals surface area contributed by atoms with Crippen molar-refractivity contribution in [3.05, 3.63) is 99.8 Å². The topological polar surface area (TPSA) is 86.8 Å². The maximum absolute atomic E-state index is 14.1. The van der Waals surface area contributed by atoms with E-state index in [1.54, 1.807) is 18.2 Å².